The first kappa shape index (κ1) is 20.0. The van der Waals surface area contributed by atoms with Crippen LogP contribution in [0.25, 0.3) is 6.08 Å². The van der Waals surface area contributed by atoms with Crippen molar-refractivity contribution >= 4 is 35.2 Å². The molecule has 142 valence electrons. The maximum Gasteiger partial charge on any atom is 0.170 e. The molecule has 1 atom stereocenters. The van der Waals surface area contributed by atoms with Gasteiger partial charge in [-0.15, -0.1) is 11.8 Å². The van der Waals surface area contributed by atoms with Crippen molar-refractivity contribution in [3.05, 3.63) is 70.3 Å². The number of benzene rings is 2. The molecule has 5 heteroatoms. The normalized spacial score (nSPS) is 18.9. The van der Waals surface area contributed by atoms with Gasteiger partial charge in [0, 0.05) is 28.3 Å². The van der Waals surface area contributed by atoms with Crippen LogP contribution in [0.3, 0.4) is 0 Å². The Labute approximate surface area is 170 Å². The van der Waals surface area contributed by atoms with E-state index in [2.05, 4.69) is 50.1 Å². The van der Waals surface area contributed by atoms with Crippen molar-refractivity contribution in [3.8, 4) is 0 Å². The summed E-state index contributed by atoms with van der Waals surface area (Å²) in [6, 6.07) is 16.3. The molecule has 0 saturated carbocycles. The average Bonchev–Trinajstić information content (AvgIpc) is 2.89. The maximum absolute atomic E-state index is 10.5. The van der Waals surface area contributed by atoms with Gasteiger partial charge in [-0.25, -0.2) is 0 Å². The molecule has 0 fully saturated rings. The highest BCUT2D eigenvalue weighted by atomic mass is 35.5. The number of rotatable bonds is 4. The summed E-state index contributed by atoms with van der Waals surface area (Å²) in [7, 11) is 1.79. The third kappa shape index (κ3) is 4.95. The molecule has 0 amide bonds. The van der Waals surface area contributed by atoms with Crippen molar-refractivity contribution in [1.82, 2.24) is 5.01 Å². The Bertz CT molecular complexity index is 851. The Morgan fingerprint density at radius 3 is 2.33 bits per heavy atom. The van der Waals surface area contributed by atoms with Crippen molar-refractivity contribution in [2.75, 3.05) is 12.8 Å². The molecule has 3 rings (SSSR count). The maximum atomic E-state index is 10.5. The summed E-state index contributed by atoms with van der Waals surface area (Å²) < 4.78 is 0. The van der Waals surface area contributed by atoms with Crippen LogP contribution in [0, 0.1) is 0 Å². The zero-order valence-electron chi connectivity index (χ0n) is 16.1. The number of aliphatic hydroxyl groups is 1. The van der Waals surface area contributed by atoms with E-state index in [-0.39, 0.29) is 5.41 Å². The van der Waals surface area contributed by atoms with Crippen LogP contribution in [-0.4, -0.2) is 34.9 Å². The van der Waals surface area contributed by atoms with Crippen LogP contribution < -0.4 is 0 Å². The van der Waals surface area contributed by atoms with Gasteiger partial charge in [0.15, 0.2) is 6.23 Å². The Kier molecular flexibility index (Phi) is 5.99. The van der Waals surface area contributed by atoms with E-state index >= 15 is 0 Å². The largest absolute Gasteiger partial charge is 0.368 e. The van der Waals surface area contributed by atoms with Crippen LogP contribution in [0.1, 0.15) is 31.9 Å². The number of thioether (sulfide) groups is 1. The molecule has 0 aliphatic carbocycles. The van der Waals surface area contributed by atoms with E-state index in [1.54, 1.807) is 23.8 Å². The smallest absolute Gasteiger partial charge is 0.170 e. The van der Waals surface area contributed by atoms with Gasteiger partial charge in [-0.05, 0) is 46.9 Å². The molecule has 0 bridgehead atoms. The highest BCUT2D eigenvalue weighted by molar-refractivity contribution is 8.00. The summed E-state index contributed by atoms with van der Waals surface area (Å²) in [6.45, 7) is 6.61. The minimum atomic E-state index is -0.715. The zero-order chi connectivity index (χ0) is 19.6. The van der Waals surface area contributed by atoms with Gasteiger partial charge in [-0.1, -0.05) is 56.6 Å². The summed E-state index contributed by atoms with van der Waals surface area (Å²) in [5.41, 5.74) is 4.23. The molecule has 0 aromatic heterocycles. The number of nitrogens with zero attached hydrogens (tertiary/aromatic N) is 2. The first-order chi connectivity index (χ1) is 12.7. The van der Waals surface area contributed by atoms with Crippen LogP contribution in [-0.2, 0) is 5.41 Å². The first-order valence-corrected chi connectivity index (χ1v) is 10.3. The van der Waals surface area contributed by atoms with Crippen molar-refractivity contribution < 1.29 is 5.11 Å². The molecular formula is C22H25ClN2OS. The van der Waals surface area contributed by atoms with E-state index in [1.807, 2.05) is 30.3 Å². The summed E-state index contributed by atoms with van der Waals surface area (Å²) in [6.07, 6.45) is 1.31. The lowest BCUT2D eigenvalue weighted by Gasteiger charge is -2.19. The molecule has 27 heavy (non-hydrogen) atoms. The Morgan fingerprint density at radius 2 is 1.74 bits per heavy atom. The lowest BCUT2D eigenvalue weighted by atomic mass is 9.86. The summed E-state index contributed by atoms with van der Waals surface area (Å²) in [5.74, 6) is 0.689. The van der Waals surface area contributed by atoms with E-state index < -0.39 is 6.23 Å². The molecular weight excluding hydrogens is 376 g/mol. The quantitative estimate of drug-likeness (QED) is 0.695. The molecule has 0 saturated heterocycles. The molecule has 1 unspecified atom stereocenters. The summed E-state index contributed by atoms with van der Waals surface area (Å²) in [4.78, 5) is 1.13. The average molecular weight is 401 g/mol. The summed E-state index contributed by atoms with van der Waals surface area (Å²) >= 11 is 7.63. The number of hydrogen-bond acceptors (Lipinski definition) is 4. The molecule has 0 radical (unpaired) electrons. The van der Waals surface area contributed by atoms with Gasteiger partial charge in [-0.2, -0.15) is 5.10 Å². The monoisotopic (exact) mass is 400 g/mol. The standard InChI is InChI=1S/C22H25ClN2OS/c1-22(2,3)16-7-5-15(6-8-16)13-19-20(24-25(4)21(19)26)14-27-18-11-9-17(23)10-12-18/h5-13,21,26H,14H2,1-4H3/b19-13+. The van der Waals surface area contributed by atoms with Gasteiger partial charge < -0.3 is 5.11 Å². The molecule has 1 heterocycles. The van der Waals surface area contributed by atoms with Gasteiger partial charge in [0.1, 0.15) is 0 Å². The van der Waals surface area contributed by atoms with Crippen LogP contribution in [0.5, 0.6) is 0 Å². The molecule has 3 nitrogen and oxygen atoms in total. The molecule has 1 aliphatic rings. The zero-order valence-corrected chi connectivity index (χ0v) is 17.7. The third-order valence-electron chi connectivity index (χ3n) is 4.53. The molecule has 1 N–H and O–H groups in total. The second-order valence-corrected chi connectivity index (χ2v) is 9.19. The number of aliphatic hydroxyl groups excluding tert-OH is 1. The third-order valence-corrected chi connectivity index (χ3v) is 5.81. The molecule has 2 aromatic rings. The van der Waals surface area contributed by atoms with E-state index in [1.165, 1.54) is 5.56 Å². The topological polar surface area (TPSA) is 35.8 Å². The number of halogens is 1. The van der Waals surface area contributed by atoms with Crippen molar-refractivity contribution in [3.63, 3.8) is 0 Å². The molecule has 2 aromatic carbocycles. The van der Waals surface area contributed by atoms with Gasteiger partial charge in [0.25, 0.3) is 0 Å². The van der Waals surface area contributed by atoms with E-state index in [0.717, 1.165) is 26.8 Å². The molecule has 1 aliphatic heterocycles. The van der Waals surface area contributed by atoms with Crippen molar-refractivity contribution in [2.24, 2.45) is 5.10 Å². The van der Waals surface area contributed by atoms with Gasteiger partial charge in [-0.3, -0.25) is 5.01 Å². The Balaban J connectivity index is 1.78. The minimum absolute atomic E-state index is 0.126. The predicted molar refractivity (Wildman–Crippen MR) is 116 cm³/mol. The van der Waals surface area contributed by atoms with Crippen LogP contribution >= 0.6 is 23.4 Å². The number of likely N-dealkylation sites (N-methyl/N-ethyl adjacent to an activating group) is 1. The summed E-state index contributed by atoms with van der Waals surface area (Å²) in [5, 5.41) is 17.4. The lowest BCUT2D eigenvalue weighted by Crippen LogP contribution is -2.23. The predicted octanol–water partition coefficient (Wildman–Crippen LogP) is 5.43. The van der Waals surface area contributed by atoms with Gasteiger partial charge in [0.2, 0.25) is 0 Å². The number of hydrazone groups is 1. The fourth-order valence-electron chi connectivity index (χ4n) is 2.86. The van der Waals surface area contributed by atoms with Crippen LogP contribution in [0.4, 0.5) is 0 Å². The highest BCUT2D eigenvalue weighted by Crippen LogP contribution is 2.28. The molecule has 0 spiro atoms. The van der Waals surface area contributed by atoms with Crippen LogP contribution in [0.15, 0.2) is 64.1 Å². The first-order valence-electron chi connectivity index (χ1n) is 8.93. The fraction of sp³-hybridized carbons (Fsp3) is 0.318. The van der Waals surface area contributed by atoms with Crippen LogP contribution in [0.2, 0.25) is 5.02 Å². The highest BCUT2D eigenvalue weighted by Gasteiger charge is 2.27. The van der Waals surface area contributed by atoms with E-state index in [4.69, 9.17) is 11.6 Å². The number of hydrogen-bond donors (Lipinski definition) is 1. The minimum Gasteiger partial charge on any atom is -0.368 e. The van der Waals surface area contributed by atoms with E-state index in [0.29, 0.717) is 5.75 Å². The van der Waals surface area contributed by atoms with E-state index in [9.17, 15) is 5.11 Å². The second-order valence-electron chi connectivity index (χ2n) is 7.71. The van der Waals surface area contributed by atoms with Gasteiger partial charge >= 0.3 is 0 Å². The Morgan fingerprint density at radius 1 is 1.11 bits per heavy atom. The fourth-order valence-corrected chi connectivity index (χ4v) is 3.85. The van der Waals surface area contributed by atoms with Crippen molar-refractivity contribution in [2.45, 2.75) is 37.3 Å². The van der Waals surface area contributed by atoms with Crippen molar-refractivity contribution in [1.29, 1.82) is 0 Å². The Hall–Kier alpha value is -1.75. The lowest BCUT2D eigenvalue weighted by molar-refractivity contribution is 0.0718. The second kappa shape index (κ2) is 8.09. The van der Waals surface area contributed by atoms with Gasteiger partial charge in [0.05, 0.1) is 5.71 Å². The SMILES string of the molecule is CN1N=C(CSc2ccc(Cl)cc2)/C(=C\c2ccc(C(C)(C)C)cc2)C1O.